The van der Waals surface area contributed by atoms with Crippen molar-refractivity contribution in [3.8, 4) is 17.0 Å². The molecule has 0 aliphatic rings. The fourth-order valence-electron chi connectivity index (χ4n) is 3.12. The van der Waals surface area contributed by atoms with Crippen molar-refractivity contribution in [2.24, 2.45) is 0 Å². The normalized spacial score (nSPS) is 12.1. The standard InChI is InChI=1S/C19H19N5O/c1-19(2,3)24-18-15(17(20)21-10-22-18)16(23-24)13-8-9-14(25)12-7-5-4-6-11(12)13/h4-10,25H,1-3H3,(H2,20,21,22). The second-order valence-electron chi connectivity index (χ2n) is 7.07. The van der Waals surface area contributed by atoms with Crippen LogP contribution in [0.15, 0.2) is 42.7 Å². The maximum Gasteiger partial charge on any atom is 0.164 e. The van der Waals surface area contributed by atoms with E-state index < -0.39 is 0 Å². The Labute approximate surface area is 144 Å². The first-order chi connectivity index (χ1) is 11.9. The number of phenols is 1. The minimum Gasteiger partial charge on any atom is -0.507 e. The van der Waals surface area contributed by atoms with Gasteiger partial charge in [0, 0.05) is 10.9 Å². The Morgan fingerprint density at radius 2 is 1.72 bits per heavy atom. The van der Waals surface area contributed by atoms with E-state index in [1.165, 1.54) is 6.33 Å². The largest absolute Gasteiger partial charge is 0.507 e. The molecule has 3 N–H and O–H groups in total. The van der Waals surface area contributed by atoms with Gasteiger partial charge in [0.2, 0.25) is 0 Å². The summed E-state index contributed by atoms with van der Waals surface area (Å²) >= 11 is 0. The Balaban J connectivity index is 2.15. The predicted molar refractivity (Wildman–Crippen MR) is 99.3 cm³/mol. The highest BCUT2D eigenvalue weighted by molar-refractivity contribution is 6.07. The lowest BCUT2D eigenvalue weighted by atomic mass is 10.00. The van der Waals surface area contributed by atoms with Crippen LogP contribution in [0.1, 0.15) is 20.8 Å². The summed E-state index contributed by atoms with van der Waals surface area (Å²) in [6, 6.07) is 11.2. The van der Waals surface area contributed by atoms with E-state index in [1.54, 1.807) is 6.07 Å². The number of anilines is 1. The molecular formula is C19H19N5O. The summed E-state index contributed by atoms with van der Waals surface area (Å²) in [7, 11) is 0. The second kappa shape index (κ2) is 5.17. The average Bonchev–Trinajstić information content (AvgIpc) is 2.97. The third-order valence-corrected chi connectivity index (χ3v) is 4.29. The molecule has 6 nitrogen and oxygen atoms in total. The third kappa shape index (κ3) is 2.29. The molecule has 2 heterocycles. The lowest BCUT2D eigenvalue weighted by Crippen LogP contribution is -2.23. The highest BCUT2D eigenvalue weighted by atomic mass is 16.3. The molecule has 0 bridgehead atoms. The number of nitrogens with two attached hydrogens (primary N) is 1. The Hall–Kier alpha value is -3.15. The van der Waals surface area contributed by atoms with E-state index in [4.69, 9.17) is 10.8 Å². The molecule has 2 aromatic carbocycles. The van der Waals surface area contributed by atoms with Crippen molar-refractivity contribution in [1.82, 2.24) is 19.7 Å². The predicted octanol–water partition coefficient (Wildman–Crippen LogP) is 3.69. The van der Waals surface area contributed by atoms with Gasteiger partial charge in [-0.25, -0.2) is 14.6 Å². The van der Waals surface area contributed by atoms with E-state index in [2.05, 4.69) is 30.7 Å². The molecule has 4 aromatic rings. The molecule has 126 valence electrons. The monoisotopic (exact) mass is 333 g/mol. The molecule has 0 saturated heterocycles. The summed E-state index contributed by atoms with van der Waals surface area (Å²) in [5.41, 5.74) is 8.23. The molecule has 0 unspecified atom stereocenters. The van der Waals surface area contributed by atoms with Crippen LogP contribution in [0.25, 0.3) is 33.1 Å². The Morgan fingerprint density at radius 3 is 2.44 bits per heavy atom. The Morgan fingerprint density at radius 1 is 1.00 bits per heavy atom. The Kier molecular flexibility index (Phi) is 3.18. The molecule has 0 aliphatic heterocycles. The van der Waals surface area contributed by atoms with Gasteiger partial charge in [0.25, 0.3) is 0 Å². The number of hydrogen-bond donors (Lipinski definition) is 2. The van der Waals surface area contributed by atoms with Gasteiger partial charge in [-0.15, -0.1) is 0 Å². The van der Waals surface area contributed by atoms with Crippen molar-refractivity contribution in [3.05, 3.63) is 42.7 Å². The lowest BCUT2D eigenvalue weighted by Gasteiger charge is -2.19. The first-order valence-corrected chi connectivity index (χ1v) is 8.08. The van der Waals surface area contributed by atoms with Gasteiger partial charge < -0.3 is 10.8 Å². The van der Waals surface area contributed by atoms with Gasteiger partial charge >= 0.3 is 0 Å². The van der Waals surface area contributed by atoms with Crippen LogP contribution in [0.5, 0.6) is 5.75 Å². The summed E-state index contributed by atoms with van der Waals surface area (Å²) in [5, 5.41) is 17.4. The average molecular weight is 333 g/mol. The number of rotatable bonds is 1. The van der Waals surface area contributed by atoms with Gasteiger partial charge in [-0.3, -0.25) is 0 Å². The minimum atomic E-state index is -0.260. The van der Waals surface area contributed by atoms with Crippen LogP contribution in [-0.4, -0.2) is 24.9 Å². The number of benzene rings is 2. The lowest BCUT2D eigenvalue weighted by molar-refractivity contribution is 0.367. The van der Waals surface area contributed by atoms with Crippen LogP contribution in [0.3, 0.4) is 0 Å². The smallest absolute Gasteiger partial charge is 0.164 e. The number of phenolic OH excluding ortho intramolecular Hbond substituents is 1. The van der Waals surface area contributed by atoms with E-state index >= 15 is 0 Å². The van der Waals surface area contributed by atoms with Gasteiger partial charge in [0.15, 0.2) is 5.65 Å². The highest BCUT2D eigenvalue weighted by Gasteiger charge is 2.24. The van der Waals surface area contributed by atoms with E-state index in [-0.39, 0.29) is 11.3 Å². The van der Waals surface area contributed by atoms with Gasteiger partial charge in [-0.2, -0.15) is 5.10 Å². The molecule has 0 saturated carbocycles. The molecule has 0 aliphatic carbocycles. The van der Waals surface area contributed by atoms with Crippen LogP contribution in [-0.2, 0) is 5.54 Å². The highest BCUT2D eigenvalue weighted by Crippen LogP contribution is 2.38. The number of aromatic nitrogens is 4. The minimum absolute atomic E-state index is 0.239. The maximum absolute atomic E-state index is 10.2. The molecule has 4 rings (SSSR count). The topological polar surface area (TPSA) is 89.8 Å². The summed E-state index contributed by atoms with van der Waals surface area (Å²) in [5.74, 6) is 0.635. The zero-order valence-electron chi connectivity index (χ0n) is 14.4. The second-order valence-corrected chi connectivity index (χ2v) is 7.07. The zero-order valence-corrected chi connectivity index (χ0v) is 14.4. The van der Waals surface area contributed by atoms with Crippen molar-refractivity contribution in [2.75, 3.05) is 5.73 Å². The fraction of sp³-hybridized carbons (Fsp3) is 0.211. The number of fused-ring (bicyclic) bond motifs is 2. The summed E-state index contributed by atoms with van der Waals surface area (Å²) in [6.07, 6.45) is 1.46. The maximum atomic E-state index is 10.2. The molecular weight excluding hydrogens is 314 g/mol. The number of nitrogens with zero attached hydrogens (tertiary/aromatic N) is 4. The van der Waals surface area contributed by atoms with Crippen molar-refractivity contribution in [2.45, 2.75) is 26.3 Å². The molecule has 25 heavy (non-hydrogen) atoms. The van der Waals surface area contributed by atoms with E-state index in [0.29, 0.717) is 11.5 Å². The quantitative estimate of drug-likeness (QED) is 0.554. The van der Waals surface area contributed by atoms with Crippen LogP contribution < -0.4 is 5.73 Å². The van der Waals surface area contributed by atoms with Crippen LogP contribution in [0.4, 0.5) is 5.82 Å². The zero-order chi connectivity index (χ0) is 17.8. The first kappa shape index (κ1) is 15.4. The number of hydrogen-bond acceptors (Lipinski definition) is 5. The van der Waals surface area contributed by atoms with Crippen molar-refractivity contribution >= 4 is 27.6 Å². The van der Waals surface area contributed by atoms with Gasteiger partial charge in [0.05, 0.1) is 10.9 Å². The Bertz CT molecular complexity index is 1110. The van der Waals surface area contributed by atoms with Gasteiger partial charge in [-0.1, -0.05) is 24.3 Å². The summed E-state index contributed by atoms with van der Waals surface area (Å²) in [4.78, 5) is 8.56. The molecule has 2 aromatic heterocycles. The van der Waals surface area contributed by atoms with Crippen molar-refractivity contribution < 1.29 is 5.11 Å². The SMILES string of the molecule is CC(C)(C)n1nc(-c2ccc(O)c3ccccc23)c2c(N)ncnc21. The number of aromatic hydroxyl groups is 1. The molecule has 6 heteroatoms. The summed E-state index contributed by atoms with van der Waals surface area (Å²) < 4.78 is 1.87. The van der Waals surface area contributed by atoms with Crippen LogP contribution in [0, 0.1) is 0 Å². The van der Waals surface area contributed by atoms with Crippen LogP contribution >= 0.6 is 0 Å². The molecule has 0 fully saturated rings. The van der Waals surface area contributed by atoms with E-state index in [9.17, 15) is 5.11 Å². The van der Waals surface area contributed by atoms with Crippen molar-refractivity contribution in [3.63, 3.8) is 0 Å². The molecule has 0 atom stereocenters. The fourth-order valence-corrected chi connectivity index (χ4v) is 3.12. The first-order valence-electron chi connectivity index (χ1n) is 8.08. The van der Waals surface area contributed by atoms with Gasteiger partial charge in [0.1, 0.15) is 23.6 Å². The van der Waals surface area contributed by atoms with Crippen LogP contribution in [0.2, 0.25) is 0 Å². The van der Waals surface area contributed by atoms with E-state index in [0.717, 1.165) is 27.4 Å². The van der Waals surface area contributed by atoms with Crippen molar-refractivity contribution in [1.29, 1.82) is 0 Å². The third-order valence-electron chi connectivity index (χ3n) is 4.29. The van der Waals surface area contributed by atoms with Gasteiger partial charge in [-0.05, 0) is 38.3 Å². The van der Waals surface area contributed by atoms with E-state index in [1.807, 2.05) is 35.0 Å². The molecule has 0 spiro atoms. The summed E-state index contributed by atoms with van der Waals surface area (Å²) in [6.45, 7) is 6.20. The number of nitrogen functional groups attached to an aromatic ring is 1. The molecule has 0 radical (unpaired) electrons. The molecule has 0 amide bonds.